The average molecular weight is 221 g/mol. The Hall–Kier alpha value is -1.35. The molecule has 3 heteroatoms. The van der Waals surface area contributed by atoms with Crippen LogP contribution in [0.25, 0.3) is 0 Å². The second kappa shape index (κ2) is 7.01. The summed E-state index contributed by atoms with van der Waals surface area (Å²) in [5.74, 6) is 0.0598. The number of aliphatic hydroxyl groups excluding tert-OH is 1. The van der Waals surface area contributed by atoms with Crippen molar-refractivity contribution >= 4 is 5.91 Å². The van der Waals surface area contributed by atoms with Crippen molar-refractivity contribution in [1.82, 2.24) is 4.90 Å². The molecule has 16 heavy (non-hydrogen) atoms. The molecule has 0 bridgehead atoms. The molecule has 0 spiro atoms. The summed E-state index contributed by atoms with van der Waals surface area (Å²) in [4.78, 5) is 13.6. The van der Waals surface area contributed by atoms with Gasteiger partial charge in [0.05, 0.1) is 0 Å². The summed E-state index contributed by atoms with van der Waals surface area (Å²) in [6.45, 7) is 0.976. The van der Waals surface area contributed by atoms with Crippen molar-refractivity contribution in [3.05, 3.63) is 35.9 Å². The van der Waals surface area contributed by atoms with E-state index in [0.29, 0.717) is 0 Å². The molecule has 0 aromatic heterocycles. The largest absolute Gasteiger partial charge is 0.396 e. The van der Waals surface area contributed by atoms with Gasteiger partial charge < -0.3 is 10.0 Å². The quantitative estimate of drug-likeness (QED) is 0.746. The number of carbonyl (C=O) groups excluding carboxylic acids is 1. The molecule has 1 aromatic carbocycles. The molecule has 0 atom stereocenters. The Kier molecular flexibility index (Phi) is 5.57. The van der Waals surface area contributed by atoms with E-state index in [-0.39, 0.29) is 12.5 Å². The first-order chi connectivity index (χ1) is 7.75. The van der Waals surface area contributed by atoms with Crippen molar-refractivity contribution in [3.63, 3.8) is 0 Å². The maximum atomic E-state index is 11.9. The second-order valence-electron chi connectivity index (χ2n) is 3.88. The lowest BCUT2D eigenvalue weighted by atomic mass is 10.2. The number of rotatable bonds is 6. The summed E-state index contributed by atoms with van der Waals surface area (Å²) >= 11 is 0. The van der Waals surface area contributed by atoms with Gasteiger partial charge in [0.1, 0.15) is 0 Å². The summed E-state index contributed by atoms with van der Waals surface area (Å²) in [7, 11) is 1.81. The molecule has 1 N–H and O–H groups in total. The van der Waals surface area contributed by atoms with Crippen molar-refractivity contribution < 1.29 is 9.90 Å². The van der Waals surface area contributed by atoms with Gasteiger partial charge in [-0.25, -0.2) is 0 Å². The van der Waals surface area contributed by atoms with Crippen molar-refractivity contribution in [3.8, 4) is 0 Å². The lowest BCUT2D eigenvalue weighted by molar-refractivity contribution is 0.0792. The number of hydrogen-bond donors (Lipinski definition) is 1. The van der Waals surface area contributed by atoms with Crippen LogP contribution in [-0.2, 0) is 0 Å². The van der Waals surface area contributed by atoms with Crippen molar-refractivity contribution in [2.75, 3.05) is 20.2 Å². The molecule has 1 rings (SSSR count). The first-order valence-corrected chi connectivity index (χ1v) is 5.67. The Morgan fingerprint density at radius 1 is 1.19 bits per heavy atom. The summed E-state index contributed by atoms with van der Waals surface area (Å²) in [6, 6.07) is 9.29. The normalized spacial score (nSPS) is 10.1. The molecule has 0 unspecified atom stereocenters. The first-order valence-electron chi connectivity index (χ1n) is 5.67. The fourth-order valence-corrected chi connectivity index (χ4v) is 1.54. The van der Waals surface area contributed by atoms with E-state index in [2.05, 4.69) is 0 Å². The minimum atomic E-state index is 0.0598. The first kappa shape index (κ1) is 12.7. The zero-order valence-corrected chi connectivity index (χ0v) is 9.72. The fourth-order valence-electron chi connectivity index (χ4n) is 1.54. The fraction of sp³-hybridized carbons (Fsp3) is 0.462. The van der Waals surface area contributed by atoms with Crippen LogP contribution < -0.4 is 0 Å². The van der Waals surface area contributed by atoms with E-state index in [0.717, 1.165) is 31.4 Å². The Morgan fingerprint density at radius 2 is 1.88 bits per heavy atom. The maximum absolute atomic E-state index is 11.9. The van der Waals surface area contributed by atoms with E-state index in [1.165, 1.54) is 0 Å². The average Bonchev–Trinajstić information content (AvgIpc) is 2.34. The van der Waals surface area contributed by atoms with Crippen LogP contribution in [0.15, 0.2) is 30.3 Å². The molecule has 0 aliphatic rings. The van der Waals surface area contributed by atoms with E-state index in [1.54, 1.807) is 4.90 Å². The van der Waals surface area contributed by atoms with E-state index >= 15 is 0 Å². The predicted octanol–water partition coefficient (Wildman–Crippen LogP) is 1.92. The molecule has 3 nitrogen and oxygen atoms in total. The van der Waals surface area contributed by atoms with Crippen molar-refractivity contribution in [2.45, 2.75) is 19.3 Å². The van der Waals surface area contributed by atoms with Crippen molar-refractivity contribution in [1.29, 1.82) is 0 Å². The number of hydrogen-bond acceptors (Lipinski definition) is 2. The highest BCUT2D eigenvalue weighted by molar-refractivity contribution is 5.93. The minimum absolute atomic E-state index is 0.0598. The van der Waals surface area contributed by atoms with Gasteiger partial charge in [-0.15, -0.1) is 0 Å². The topological polar surface area (TPSA) is 40.5 Å². The summed E-state index contributed by atoms with van der Waals surface area (Å²) in [5.41, 5.74) is 0.729. The third kappa shape index (κ3) is 4.03. The standard InChI is InChI=1S/C13H19NO2/c1-14(10-6-3-7-11-15)13(16)12-8-4-2-5-9-12/h2,4-5,8-9,15H,3,6-7,10-11H2,1H3. The van der Waals surface area contributed by atoms with Gasteiger partial charge in [-0.1, -0.05) is 18.2 Å². The molecular weight excluding hydrogens is 202 g/mol. The zero-order valence-electron chi connectivity index (χ0n) is 9.72. The van der Waals surface area contributed by atoms with Gasteiger partial charge in [0, 0.05) is 25.8 Å². The molecule has 0 radical (unpaired) electrons. The highest BCUT2D eigenvalue weighted by atomic mass is 16.2. The lowest BCUT2D eigenvalue weighted by Crippen LogP contribution is -2.27. The predicted molar refractivity (Wildman–Crippen MR) is 64.3 cm³/mol. The molecule has 1 amide bonds. The lowest BCUT2D eigenvalue weighted by Gasteiger charge is -2.16. The number of aliphatic hydroxyl groups is 1. The van der Waals surface area contributed by atoms with Crippen LogP contribution in [0, 0.1) is 0 Å². The Morgan fingerprint density at radius 3 is 2.50 bits per heavy atom. The number of carbonyl (C=O) groups is 1. The third-order valence-corrected chi connectivity index (χ3v) is 2.52. The van der Waals surface area contributed by atoms with Crippen LogP contribution in [-0.4, -0.2) is 36.1 Å². The highest BCUT2D eigenvalue weighted by Crippen LogP contribution is 2.04. The maximum Gasteiger partial charge on any atom is 0.253 e. The van der Waals surface area contributed by atoms with E-state index in [1.807, 2.05) is 37.4 Å². The number of benzene rings is 1. The van der Waals surface area contributed by atoms with Crippen LogP contribution in [0.4, 0.5) is 0 Å². The SMILES string of the molecule is CN(CCCCCO)C(=O)c1ccccc1. The van der Waals surface area contributed by atoms with Gasteiger partial charge >= 0.3 is 0 Å². The molecule has 88 valence electrons. The monoisotopic (exact) mass is 221 g/mol. The highest BCUT2D eigenvalue weighted by Gasteiger charge is 2.09. The van der Waals surface area contributed by atoms with Gasteiger partial charge in [0.2, 0.25) is 0 Å². The summed E-state index contributed by atoms with van der Waals surface area (Å²) in [6.07, 6.45) is 2.71. The van der Waals surface area contributed by atoms with E-state index in [4.69, 9.17) is 5.11 Å². The molecule has 1 aromatic rings. The van der Waals surface area contributed by atoms with Crippen LogP contribution in [0.2, 0.25) is 0 Å². The van der Waals surface area contributed by atoms with Gasteiger partial charge in [0.15, 0.2) is 0 Å². The molecule has 0 aliphatic carbocycles. The molecule has 0 fully saturated rings. The third-order valence-electron chi connectivity index (χ3n) is 2.52. The Balaban J connectivity index is 2.37. The van der Waals surface area contributed by atoms with Crippen LogP contribution >= 0.6 is 0 Å². The minimum Gasteiger partial charge on any atom is -0.396 e. The van der Waals surface area contributed by atoms with Crippen molar-refractivity contribution in [2.24, 2.45) is 0 Å². The molecule has 0 heterocycles. The van der Waals surface area contributed by atoms with Crippen LogP contribution in [0.5, 0.6) is 0 Å². The number of nitrogens with zero attached hydrogens (tertiary/aromatic N) is 1. The molecule has 0 saturated heterocycles. The van der Waals surface area contributed by atoms with Crippen LogP contribution in [0.1, 0.15) is 29.6 Å². The van der Waals surface area contributed by atoms with Crippen LogP contribution in [0.3, 0.4) is 0 Å². The number of amides is 1. The van der Waals surface area contributed by atoms with Gasteiger partial charge in [-0.05, 0) is 31.4 Å². The summed E-state index contributed by atoms with van der Waals surface area (Å²) in [5, 5.41) is 8.64. The second-order valence-corrected chi connectivity index (χ2v) is 3.88. The number of unbranched alkanes of at least 4 members (excludes halogenated alkanes) is 2. The molecule has 0 saturated carbocycles. The van der Waals surface area contributed by atoms with E-state index in [9.17, 15) is 4.79 Å². The van der Waals surface area contributed by atoms with Gasteiger partial charge in [0.25, 0.3) is 5.91 Å². The van der Waals surface area contributed by atoms with E-state index < -0.39 is 0 Å². The zero-order chi connectivity index (χ0) is 11.8. The molecular formula is C13H19NO2. The smallest absolute Gasteiger partial charge is 0.253 e. The Bertz CT molecular complexity index is 311. The molecule has 0 aliphatic heterocycles. The van der Waals surface area contributed by atoms with Gasteiger partial charge in [-0.3, -0.25) is 4.79 Å². The van der Waals surface area contributed by atoms with Gasteiger partial charge in [-0.2, -0.15) is 0 Å². The Labute approximate surface area is 96.7 Å². The summed E-state index contributed by atoms with van der Waals surface area (Å²) < 4.78 is 0.